The van der Waals surface area contributed by atoms with Gasteiger partial charge in [0.2, 0.25) is 0 Å². The van der Waals surface area contributed by atoms with Gasteiger partial charge in [-0.25, -0.2) is 0 Å². The van der Waals surface area contributed by atoms with Crippen molar-refractivity contribution in [2.24, 2.45) is 0 Å². The van der Waals surface area contributed by atoms with Gasteiger partial charge in [-0.05, 0) is 44.6 Å². The number of allylic oxidation sites excluding steroid dienone is 8. The average molecular weight is 292 g/mol. The van der Waals surface area contributed by atoms with E-state index in [9.17, 15) is 9.90 Å². The minimum absolute atomic E-state index is 0.174. The van der Waals surface area contributed by atoms with Crippen LogP contribution in [0.4, 0.5) is 0 Å². The van der Waals surface area contributed by atoms with Crippen molar-refractivity contribution < 1.29 is 15.0 Å². The molecule has 0 heterocycles. The zero-order chi connectivity index (χ0) is 15.8. The van der Waals surface area contributed by atoms with Crippen molar-refractivity contribution in [1.29, 1.82) is 0 Å². The van der Waals surface area contributed by atoms with Crippen LogP contribution in [-0.2, 0) is 4.79 Å². The van der Waals surface area contributed by atoms with Gasteiger partial charge in [0.1, 0.15) is 0 Å². The monoisotopic (exact) mass is 292 g/mol. The van der Waals surface area contributed by atoms with Crippen LogP contribution in [-0.4, -0.2) is 16.2 Å². The van der Waals surface area contributed by atoms with E-state index in [1.165, 1.54) is 0 Å². The molecule has 3 heteroatoms. The number of hydrogen-bond acceptors (Lipinski definition) is 2. The van der Waals surface area contributed by atoms with E-state index >= 15 is 0 Å². The summed E-state index contributed by atoms with van der Waals surface area (Å²) in [7, 11) is 0. The number of unbranched alkanes of at least 4 members (excludes halogenated alkanes) is 1. The summed E-state index contributed by atoms with van der Waals surface area (Å²) in [5, 5.41) is 18.1. The fourth-order valence-corrected chi connectivity index (χ4v) is 1.69. The number of aliphatic hydroxyl groups excluding tert-OH is 1. The minimum atomic E-state index is -0.778. The van der Waals surface area contributed by atoms with Crippen LogP contribution in [0, 0.1) is 0 Å². The fraction of sp³-hybridized carbons (Fsp3) is 0.500. The molecule has 0 aliphatic rings. The van der Waals surface area contributed by atoms with Gasteiger partial charge in [-0.2, -0.15) is 0 Å². The van der Waals surface area contributed by atoms with Crippen molar-refractivity contribution in [3.8, 4) is 0 Å². The van der Waals surface area contributed by atoms with Crippen molar-refractivity contribution in [2.45, 2.75) is 58.3 Å². The summed E-state index contributed by atoms with van der Waals surface area (Å²) in [4.78, 5) is 10.3. The average Bonchev–Trinajstić information content (AvgIpc) is 2.45. The van der Waals surface area contributed by atoms with Gasteiger partial charge in [0, 0.05) is 12.8 Å². The van der Waals surface area contributed by atoms with Crippen LogP contribution in [0.1, 0.15) is 58.3 Å². The number of hydrogen-bond donors (Lipinski definition) is 2. The molecule has 0 bridgehead atoms. The fourth-order valence-electron chi connectivity index (χ4n) is 1.69. The summed E-state index contributed by atoms with van der Waals surface area (Å²) in [6.07, 6.45) is 20.2. The summed E-state index contributed by atoms with van der Waals surface area (Å²) < 4.78 is 0. The lowest BCUT2D eigenvalue weighted by Crippen LogP contribution is -1.94. The number of carboxylic acids is 1. The Morgan fingerprint density at radius 3 is 1.90 bits per heavy atom. The molecule has 0 rings (SSSR count). The molecule has 0 saturated heterocycles. The summed E-state index contributed by atoms with van der Waals surface area (Å²) in [5.41, 5.74) is 0. The maximum Gasteiger partial charge on any atom is 0.303 e. The van der Waals surface area contributed by atoms with E-state index in [2.05, 4.69) is 37.3 Å². The summed E-state index contributed by atoms with van der Waals surface area (Å²) >= 11 is 0. The Labute approximate surface area is 128 Å². The Morgan fingerprint density at radius 2 is 1.33 bits per heavy atom. The highest BCUT2D eigenvalue weighted by Crippen LogP contribution is 2.07. The first-order valence-electron chi connectivity index (χ1n) is 7.71. The lowest BCUT2D eigenvalue weighted by Gasteiger charge is -1.98. The molecule has 0 spiro atoms. The van der Waals surface area contributed by atoms with Gasteiger partial charge in [-0.15, -0.1) is 0 Å². The van der Waals surface area contributed by atoms with Crippen molar-refractivity contribution in [1.82, 2.24) is 0 Å². The Kier molecular flexibility index (Phi) is 13.4. The second kappa shape index (κ2) is 14.6. The number of rotatable bonds is 12. The van der Waals surface area contributed by atoms with Crippen LogP contribution in [0.2, 0.25) is 0 Å². The Morgan fingerprint density at radius 1 is 0.810 bits per heavy atom. The molecule has 21 heavy (non-hydrogen) atoms. The van der Waals surface area contributed by atoms with E-state index < -0.39 is 5.97 Å². The minimum Gasteiger partial charge on any atom is -0.513 e. The van der Waals surface area contributed by atoms with Gasteiger partial charge in [-0.3, -0.25) is 4.79 Å². The van der Waals surface area contributed by atoms with E-state index in [-0.39, 0.29) is 6.42 Å². The van der Waals surface area contributed by atoms with Gasteiger partial charge >= 0.3 is 5.97 Å². The lowest BCUT2D eigenvalue weighted by molar-refractivity contribution is -0.137. The molecule has 3 nitrogen and oxygen atoms in total. The van der Waals surface area contributed by atoms with Gasteiger partial charge < -0.3 is 10.2 Å². The molecule has 0 atom stereocenters. The molecule has 0 fully saturated rings. The molecule has 0 aromatic carbocycles. The third-order valence-electron chi connectivity index (χ3n) is 2.84. The van der Waals surface area contributed by atoms with Gasteiger partial charge in [0.05, 0.1) is 5.76 Å². The topological polar surface area (TPSA) is 57.5 Å². The van der Waals surface area contributed by atoms with Crippen LogP contribution in [0.15, 0.2) is 48.3 Å². The second-order valence-electron chi connectivity index (χ2n) is 4.83. The van der Waals surface area contributed by atoms with Crippen molar-refractivity contribution in [2.75, 3.05) is 0 Å². The molecule has 0 aromatic heterocycles. The molecular formula is C18H28O3. The summed E-state index contributed by atoms with van der Waals surface area (Å²) in [6, 6.07) is 0. The highest BCUT2D eigenvalue weighted by molar-refractivity contribution is 5.66. The molecule has 0 radical (unpaired) electrons. The molecular weight excluding hydrogens is 264 g/mol. The molecule has 0 aliphatic carbocycles. The summed E-state index contributed by atoms with van der Waals surface area (Å²) in [5.74, 6) is -0.426. The first-order chi connectivity index (χ1) is 10.2. The molecule has 0 amide bonds. The summed E-state index contributed by atoms with van der Waals surface area (Å²) in [6.45, 7) is 2.12. The Balaban J connectivity index is 3.61. The predicted octanol–water partition coefficient (Wildman–Crippen LogP) is 5.32. The standard InChI is InChI=1S/C18H28O3/c1-2-3-4-5-6-7-8-9-10-11-14-17(19)15-12-13-16-18(20)21/h3-4,6-7,9-10,14,19H,2,5,8,11-13,15-16H2,1H3,(H,20,21)/b4-3-,7-6-,10-9-,17-14+. The molecule has 0 unspecified atom stereocenters. The zero-order valence-electron chi connectivity index (χ0n) is 13.0. The molecule has 0 aliphatic heterocycles. The predicted molar refractivity (Wildman–Crippen MR) is 88.4 cm³/mol. The van der Waals surface area contributed by atoms with Crippen molar-refractivity contribution in [3.05, 3.63) is 48.3 Å². The largest absolute Gasteiger partial charge is 0.513 e. The van der Waals surface area contributed by atoms with Crippen molar-refractivity contribution in [3.63, 3.8) is 0 Å². The SMILES string of the molecule is CC/C=C\C/C=C\C/C=C\C/C=C(/O)CCCCC(=O)O. The normalized spacial score (nSPS) is 12.9. The third-order valence-corrected chi connectivity index (χ3v) is 2.84. The Hall–Kier alpha value is -1.77. The number of carboxylic acid groups (broad SMARTS) is 1. The Bertz CT molecular complexity index is 376. The van der Waals surface area contributed by atoms with Crippen LogP contribution in [0.3, 0.4) is 0 Å². The number of aliphatic hydroxyl groups is 1. The molecule has 2 N–H and O–H groups in total. The van der Waals surface area contributed by atoms with E-state index in [4.69, 9.17) is 5.11 Å². The van der Waals surface area contributed by atoms with Crippen LogP contribution < -0.4 is 0 Å². The number of carbonyl (C=O) groups is 1. The van der Waals surface area contributed by atoms with Crippen LogP contribution >= 0.6 is 0 Å². The molecule has 0 aromatic rings. The van der Waals surface area contributed by atoms with Crippen LogP contribution in [0.25, 0.3) is 0 Å². The molecule has 118 valence electrons. The quantitative estimate of drug-likeness (QED) is 0.291. The first kappa shape index (κ1) is 19.2. The first-order valence-corrected chi connectivity index (χ1v) is 7.71. The maximum absolute atomic E-state index is 10.3. The van der Waals surface area contributed by atoms with E-state index in [0.717, 1.165) is 19.3 Å². The third kappa shape index (κ3) is 16.2. The van der Waals surface area contributed by atoms with Gasteiger partial charge in [0.15, 0.2) is 0 Å². The smallest absolute Gasteiger partial charge is 0.303 e. The highest BCUT2D eigenvalue weighted by Gasteiger charge is 1.97. The van der Waals surface area contributed by atoms with Crippen LogP contribution in [0.5, 0.6) is 0 Å². The van der Waals surface area contributed by atoms with E-state index in [1.807, 2.05) is 6.08 Å². The molecule has 0 saturated carbocycles. The zero-order valence-corrected chi connectivity index (χ0v) is 13.0. The van der Waals surface area contributed by atoms with Gasteiger partial charge in [-0.1, -0.05) is 43.4 Å². The van der Waals surface area contributed by atoms with E-state index in [0.29, 0.717) is 31.4 Å². The highest BCUT2D eigenvalue weighted by atomic mass is 16.4. The van der Waals surface area contributed by atoms with E-state index in [1.54, 1.807) is 6.08 Å². The van der Waals surface area contributed by atoms with Crippen molar-refractivity contribution >= 4 is 5.97 Å². The van der Waals surface area contributed by atoms with Gasteiger partial charge in [0.25, 0.3) is 0 Å². The second-order valence-corrected chi connectivity index (χ2v) is 4.83. The number of aliphatic carboxylic acids is 1. The maximum atomic E-state index is 10.3. The lowest BCUT2D eigenvalue weighted by atomic mass is 10.1.